The highest BCUT2D eigenvalue weighted by Crippen LogP contribution is 2.35. The van der Waals surface area contributed by atoms with Gasteiger partial charge < -0.3 is 33.5 Å². The largest absolute Gasteiger partial charge is 0.463 e. The fourth-order valence-corrected chi connectivity index (χ4v) is 2.57. The highest BCUT2D eigenvalue weighted by Gasteiger charge is 2.62. The maximum absolute atomic E-state index is 11.7. The maximum atomic E-state index is 11.7. The number of carbonyl (C=O) groups excluding carboxylic acids is 5. The van der Waals surface area contributed by atoms with E-state index in [4.69, 9.17) is 40.0 Å². The van der Waals surface area contributed by atoms with Crippen LogP contribution in [0.3, 0.4) is 0 Å². The molecule has 0 aliphatic carbocycles. The summed E-state index contributed by atoms with van der Waals surface area (Å²) >= 11 is 5.37. The number of rotatable bonds is 7. The molecule has 0 aromatic rings. The second-order valence-electron chi connectivity index (χ2n) is 5.88. The monoisotopic (exact) mass is 440 g/mol. The van der Waals surface area contributed by atoms with Gasteiger partial charge in [0.15, 0.2) is 12.2 Å². The van der Waals surface area contributed by atoms with E-state index in [0.717, 1.165) is 27.7 Å². The third-order valence-corrected chi connectivity index (χ3v) is 3.60. The van der Waals surface area contributed by atoms with E-state index in [1.807, 2.05) is 0 Å². The van der Waals surface area contributed by atoms with Crippen LogP contribution in [0, 0.1) is 0 Å². The molecule has 1 fully saturated rings. The van der Waals surface area contributed by atoms with Gasteiger partial charge in [-0.3, -0.25) is 24.0 Å². The summed E-state index contributed by atoms with van der Waals surface area (Å²) in [5.41, 5.74) is 0. The van der Waals surface area contributed by atoms with Gasteiger partial charge in [0.2, 0.25) is 6.10 Å². The van der Waals surface area contributed by atoms with Gasteiger partial charge in [0, 0.05) is 27.7 Å². The molecule has 1 aliphatic heterocycles. The predicted molar refractivity (Wildman–Crippen MR) is 89.9 cm³/mol. The molecule has 5 atom stereocenters. The number of hydrogen-bond acceptors (Lipinski definition) is 12. The first-order valence-corrected chi connectivity index (χ1v) is 8.76. The van der Waals surface area contributed by atoms with E-state index in [1.54, 1.807) is 0 Å². The van der Waals surface area contributed by atoms with E-state index < -0.39 is 72.7 Å². The van der Waals surface area contributed by atoms with E-state index in [0.29, 0.717) is 0 Å². The van der Waals surface area contributed by atoms with Crippen molar-refractivity contribution in [3.63, 3.8) is 0 Å². The number of ether oxygens (including phenoxy) is 6. The van der Waals surface area contributed by atoms with Crippen molar-refractivity contribution in [2.24, 2.45) is 0 Å². The molecule has 1 N–H and O–H groups in total. The van der Waals surface area contributed by atoms with E-state index in [9.17, 15) is 29.1 Å². The minimum atomic E-state index is -3.00. The Morgan fingerprint density at radius 3 is 1.86 bits per heavy atom. The third kappa shape index (κ3) is 7.15. The molecular weight excluding hydrogens is 420 g/mol. The van der Waals surface area contributed by atoms with Crippen molar-refractivity contribution in [1.82, 2.24) is 0 Å². The van der Waals surface area contributed by atoms with Crippen LogP contribution in [0.4, 0.5) is 0 Å². The van der Waals surface area contributed by atoms with Crippen molar-refractivity contribution in [3.8, 4) is 0 Å². The smallest absolute Gasteiger partial charge is 0.370 e. The molecule has 12 nitrogen and oxygen atoms in total. The first-order chi connectivity index (χ1) is 13.4. The molecule has 1 aliphatic rings. The minimum Gasteiger partial charge on any atom is -0.463 e. The van der Waals surface area contributed by atoms with Gasteiger partial charge >= 0.3 is 35.8 Å². The summed E-state index contributed by atoms with van der Waals surface area (Å²) in [4.78, 5) is 57.5. The fraction of sp³-hybridized carbons (Fsp3) is 0.688. The molecule has 0 radical (unpaired) electrons. The summed E-state index contributed by atoms with van der Waals surface area (Å²) in [6.45, 7) is 3.46. The van der Waals surface area contributed by atoms with E-state index in [-0.39, 0.29) is 0 Å². The Bertz CT molecular complexity index is 664. The molecule has 29 heavy (non-hydrogen) atoms. The van der Waals surface area contributed by atoms with Crippen LogP contribution in [-0.4, -0.2) is 77.8 Å². The van der Waals surface area contributed by atoms with Crippen molar-refractivity contribution >= 4 is 41.4 Å². The summed E-state index contributed by atoms with van der Waals surface area (Å²) in [5.74, 6) is -8.38. The molecule has 1 heterocycles. The Labute approximate surface area is 170 Å². The molecule has 0 saturated carbocycles. The Kier molecular flexibility index (Phi) is 8.80. The number of esters is 5. The SMILES string of the molecule is CC(=O)OC[C@H]1OC(O)(OC(=O)CCl)[C@H](OC(C)=O)[C@@H](OC(C)=O)[C@@H]1OC(C)=O. The van der Waals surface area contributed by atoms with Crippen LogP contribution in [0.25, 0.3) is 0 Å². The Balaban J connectivity index is 3.45. The number of hydrogen-bond donors (Lipinski definition) is 1. The van der Waals surface area contributed by atoms with Gasteiger partial charge in [-0.2, -0.15) is 0 Å². The van der Waals surface area contributed by atoms with E-state index >= 15 is 0 Å². The highest BCUT2D eigenvalue weighted by molar-refractivity contribution is 6.26. The molecule has 0 bridgehead atoms. The van der Waals surface area contributed by atoms with Crippen LogP contribution in [0.15, 0.2) is 0 Å². The maximum Gasteiger partial charge on any atom is 0.370 e. The number of carbonyl (C=O) groups is 5. The highest BCUT2D eigenvalue weighted by atomic mass is 35.5. The molecule has 1 rings (SSSR count). The van der Waals surface area contributed by atoms with Crippen LogP contribution in [-0.2, 0) is 52.4 Å². The zero-order valence-electron chi connectivity index (χ0n) is 16.0. The lowest BCUT2D eigenvalue weighted by Gasteiger charge is -2.47. The van der Waals surface area contributed by atoms with Crippen molar-refractivity contribution < 1.29 is 57.5 Å². The van der Waals surface area contributed by atoms with Gasteiger partial charge in [0.05, 0.1) is 0 Å². The Morgan fingerprint density at radius 2 is 1.41 bits per heavy atom. The van der Waals surface area contributed by atoms with Gasteiger partial charge in [0.25, 0.3) is 0 Å². The molecule has 0 aromatic heterocycles. The molecular formula is C16H21ClO12. The predicted octanol–water partition coefficient (Wildman–Crippen LogP) is -0.828. The lowest BCUT2D eigenvalue weighted by Crippen LogP contribution is -2.69. The standard InChI is InChI=1S/C16H21ClO12/c1-7(18)24-6-11-13(25-8(2)19)14(26-9(3)20)15(27-10(4)21)16(23,28-11)29-12(22)5-17/h11,13-15,23H,5-6H2,1-4H3/t11-,13-,14+,15-,16?/m1/s1. The van der Waals surface area contributed by atoms with Crippen molar-refractivity contribution in [3.05, 3.63) is 0 Å². The lowest BCUT2D eigenvalue weighted by molar-refractivity contribution is -0.433. The summed E-state index contributed by atoms with van der Waals surface area (Å²) in [7, 11) is 0. The van der Waals surface area contributed by atoms with Crippen LogP contribution in [0.2, 0.25) is 0 Å². The number of halogens is 1. The van der Waals surface area contributed by atoms with Crippen molar-refractivity contribution in [2.45, 2.75) is 58.1 Å². The topological polar surface area (TPSA) is 161 Å². The van der Waals surface area contributed by atoms with Gasteiger partial charge in [-0.05, 0) is 0 Å². The van der Waals surface area contributed by atoms with Gasteiger partial charge in [-0.1, -0.05) is 0 Å². The van der Waals surface area contributed by atoms with E-state index in [1.165, 1.54) is 0 Å². The molecule has 0 aromatic carbocycles. The lowest BCUT2D eigenvalue weighted by atomic mass is 9.96. The van der Waals surface area contributed by atoms with Gasteiger partial charge in [0.1, 0.15) is 18.6 Å². The molecule has 1 saturated heterocycles. The first-order valence-electron chi connectivity index (χ1n) is 8.22. The van der Waals surface area contributed by atoms with Crippen molar-refractivity contribution in [2.75, 3.05) is 12.5 Å². The summed E-state index contributed by atoms with van der Waals surface area (Å²) < 4.78 is 29.9. The first kappa shape index (κ1) is 24.6. The summed E-state index contributed by atoms with van der Waals surface area (Å²) in [6, 6.07) is 0. The third-order valence-electron chi connectivity index (χ3n) is 3.39. The quantitative estimate of drug-likeness (QED) is 0.227. The van der Waals surface area contributed by atoms with Crippen LogP contribution < -0.4 is 0 Å². The zero-order valence-corrected chi connectivity index (χ0v) is 16.8. The Hall–Kier alpha value is -2.44. The van der Waals surface area contributed by atoms with Crippen LogP contribution in [0.1, 0.15) is 27.7 Å². The van der Waals surface area contributed by atoms with E-state index in [2.05, 4.69) is 0 Å². The normalized spacial score (nSPS) is 28.6. The number of aliphatic hydroxyl groups is 1. The van der Waals surface area contributed by atoms with Crippen LogP contribution in [0.5, 0.6) is 0 Å². The van der Waals surface area contributed by atoms with Crippen molar-refractivity contribution in [1.29, 1.82) is 0 Å². The molecule has 0 amide bonds. The van der Waals surface area contributed by atoms with Gasteiger partial charge in [-0.15, -0.1) is 11.6 Å². The van der Waals surface area contributed by atoms with Crippen LogP contribution >= 0.6 is 11.6 Å². The summed E-state index contributed by atoms with van der Waals surface area (Å²) in [6.07, 6.45) is -6.64. The average molecular weight is 441 g/mol. The molecule has 1 unspecified atom stereocenters. The average Bonchev–Trinajstić information content (AvgIpc) is 2.57. The van der Waals surface area contributed by atoms with Gasteiger partial charge in [-0.25, -0.2) is 0 Å². The second-order valence-corrected chi connectivity index (χ2v) is 6.14. The fourth-order valence-electron chi connectivity index (χ4n) is 2.52. The number of alkyl halides is 1. The minimum absolute atomic E-state index is 0.599. The summed E-state index contributed by atoms with van der Waals surface area (Å²) in [5, 5.41) is 10.8. The second kappa shape index (κ2) is 10.4. The molecule has 0 spiro atoms. The Morgan fingerprint density at radius 1 is 0.897 bits per heavy atom. The zero-order chi connectivity index (χ0) is 22.4. The molecule has 164 valence electrons. The molecule has 13 heteroatoms.